The van der Waals surface area contributed by atoms with Crippen LogP contribution in [-0.2, 0) is 0 Å². The zero-order valence-electron chi connectivity index (χ0n) is 16.2. The lowest BCUT2D eigenvalue weighted by molar-refractivity contribution is 0.157. The molecule has 0 aromatic carbocycles. The third-order valence-electron chi connectivity index (χ3n) is 6.35. The van der Waals surface area contributed by atoms with E-state index >= 15 is 0 Å². The molecule has 152 valence electrons. The Labute approximate surface area is 177 Å². The summed E-state index contributed by atoms with van der Waals surface area (Å²) in [6.45, 7) is 0. The molecule has 0 amide bonds. The van der Waals surface area contributed by atoms with E-state index in [0.717, 1.165) is 17.3 Å². The third-order valence-corrected chi connectivity index (χ3v) is 6.53. The zero-order valence-corrected chi connectivity index (χ0v) is 16.9. The smallest absolute Gasteiger partial charge is 0.245 e. The number of aromatic amines is 1. The summed E-state index contributed by atoms with van der Waals surface area (Å²) in [5.74, 6) is 3.28. The lowest BCUT2D eigenvalue weighted by Gasteiger charge is -2.42. The number of fused-ring (bicyclic) bond motifs is 4. The van der Waals surface area contributed by atoms with Gasteiger partial charge in [-0.3, -0.25) is 0 Å². The molecule has 3 aliphatic rings. The van der Waals surface area contributed by atoms with Gasteiger partial charge in [0.2, 0.25) is 5.89 Å². The Bertz CT molecular complexity index is 1200. The Morgan fingerprint density at radius 2 is 2.00 bits per heavy atom. The molecule has 0 aliphatic heterocycles. The van der Waals surface area contributed by atoms with Crippen LogP contribution in [0.25, 0.3) is 34.1 Å². The summed E-state index contributed by atoms with van der Waals surface area (Å²) >= 11 is 6.08. The maximum atomic E-state index is 6.08. The van der Waals surface area contributed by atoms with Gasteiger partial charge in [0.15, 0.2) is 11.5 Å². The van der Waals surface area contributed by atoms with Gasteiger partial charge in [-0.2, -0.15) is 0 Å². The summed E-state index contributed by atoms with van der Waals surface area (Å²) in [5, 5.41) is 4.01. The van der Waals surface area contributed by atoms with E-state index < -0.39 is 0 Å². The fourth-order valence-electron chi connectivity index (χ4n) is 4.89. The predicted octanol–water partition coefficient (Wildman–Crippen LogP) is 4.71. The summed E-state index contributed by atoms with van der Waals surface area (Å²) in [6.07, 6.45) is 13.0. The van der Waals surface area contributed by atoms with Crippen LogP contribution < -0.4 is 5.32 Å². The lowest BCUT2D eigenvalue weighted by Crippen LogP contribution is -2.40. The molecular formula is C21H20ClN7O. The molecule has 0 radical (unpaired) electrons. The minimum absolute atomic E-state index is 0.323. The molecule has 3 saturated carbocycles. The quantitative estimate of drug-likeness (QED) is 0.491. The third kappa shape index (κ3) is 3.11. The van der Waals surface area contributed by atoms with Crippen LogP contribution >= 0.6 is 11.6 Å². The SMILES string of the molecule is Clc1cnc2[nH]cc(-c3nc(NC4CC5CCC4CC5)cc(-c4ncco4)n3)c2n1. The van der Waals surface area contributed by atoms with Crippen LogP contribution in [0.5, 0.6) is 0 Å². The molecule has 8 nitrogen and oxygen atoms in total. The number of H-pyrrole nitrogens is 1. The fraction of sp³-hybridized carbons (Fsp3) is 0.381. The van der Waals surface area contributed by atoms with Gasteiger partial charge in [0.1, 0.15) is 28.4 Å². The molecule has 3 fully saturated rings. The molecule has 2 N–H and O–H groups in total. The maximum absolute atomic E-state index is 6.08. The monoisotopic (exact) mass is 421 g/mol. The second-order valence-electron chi connectivity index (χ2n) is 8.16. The first-order valence-electron chi connectivity index (χ1n) is 10.3. The minimum atomic E-state index is 0.323. The van der Waals surface area contributed by atoms with E-state index in [4.69, 9.17) is 26.0 Å². The standard InChI is InChI=1S/C21H20ClN7O/c22-16-10-25-20-18(28-16)13(9-24-20)19-27-15(21-23-5-6-30-21)8-17(29-19)26-14-7-11-1-3-12(14)4-2-11/h5-6,8-12,14H,1-4,7H2,(H,24,25)(H,26,27,29). The van der Waals surface area contributed by atoms with Crippen molar-refractivity contribution in [1.29, 1.82) is 0 Å². The highest BCUT2D eigenvalue weighted by Crippen LogP contribution is 2.42. The second kappa shape index (κ2) is 7.05. The van der Waals surface area contributed by atoms with Gasteiger partial charge in [0, 0.05) is 18.3 Å². The number of halogens is 1. The van der Waals surface area contributed by atoms with Gasteiger partial charge in [-0.25, -0.2) is 24.9 Å². The molecule has 0 spiro atoms. The lowest BCUT2D eigenvalue weighted by atomic mass is 9.68. The molecule has 1 atom stereocenters. The van der Waals surface area contributed by atoms with Crippen molar-refractivity contribution in [2.24, 2.45) is 11.8 Å². The molecule has 3 aliphatic carbocycles. The van der Waals surface area contributed by atoms with E-state index in [0.29, 0.717) is 45.7 Å². The highest BCUT2D eigenvalue weighted by Gasteiger charge is 2.35. The van der Waals surface area contributed by atoms with E-state index in [-0.39, 0.29) is 0 Å². The minimum Gasteiger partial charge on any atom is -0.443 e. The topological polar surface area (TPSA) is 105 Å². The van der Waals surface area contributed by atoms with Crippen LogP contribution in [0.3, 0.4) is 0 Å². The maximum Gasteiger partial charge on any atom is 0.245 e. The molecule has 4 heterocycles. The van der Waals surface area contributed by atoms with Gasteiger partial charge in [0.25, 0.3) is 0 Å². The number of anilines is 1. The van der Waals surface area contributed by atoms with Crippen molar-refractivity contribution in [3.05, 3.63) is 36.1 Å². The number of oxazole rings is 1. The van der Waals surface area contributed by atoms with E-state index in [1.165, 1.54) is 38.3 Å². The Balaban J connectivity index is 1.43. The summed E-state index contributed by atoms with van der Waals surface area (Å²) in [4.78, 5) is 25.6. The Morgan fingerprint density at radius 1 is 1.10 bits per heavy atom. The van der Waals surface area contributed by atoms with E-state index in [1.807, 2.05) is 12.3 Å². The number of aromatic nitrogens is 6. The van der Waals surface area contributed by atoms with Crippen molar-refractivity contribution in [2.75, 3.05) is 5.32 Å². The first kappa shape index (κ1) is 17.8. The van der Waals surface area contributed by atoms with Gasteiger partial charge in [-0.05, 0) is 31.1 Å². The number of hydrogen-bond acceptors (Lipinski definition) is 7. The highest BCUT2D eigenvalue weighted by atomic mass is 35.5. The van der Waals surface area contributed by atoms with E-state index in [1.54, 1.807) is 12.5 Å². The first-order chi connectivity index (χ1) is 14.7. The van der Waals surface area contributed by atoms with Crippen molar-refractivity contribution in [3.63, 3.8) is 0 Å². The normalized spacial score (nSPS) is 23.2. The van der Waals surface area contributed by atoms with Gasteiger partial charge in [-0.1, -0.05) is 24.4 Å². The number of hydrogen-bond donors (Lipinski definition) is 2. The summed E-state index contributed by atoms with van der Waals surface area (Å²) in [5.41, 5.74) is 2.63. The van der Waals surface area contributed by atoms with Gasteiger partial charge < -0.3 is 14.7 Å². The molecule has 1 unspecified atom stereocenters. The number of nitrogens with one attached hydrogen (secondary N) is 2. The second-order valence-corrected chi connectivity index (χ2v) is 8.55. The molecule has 4 aromatic heterocycles. The highest BCUT2D eigenvalue weighted by molar-refractivity contribution is 6.29. The Hall–Kier alpha value is -3.00. The number of rotatable bonds is 4. The van der Waals surface area contributed by atoms with Crippen molar-refractivity contribution in [2.45, 2.75) is 38.1 Å². The van der Waals surface area contributed by atoms with E-state index in [2.05, 4.69) is 25.3 Å². The molecule has 7 rings (SSSR count). The van der Waals surface area contributed by atoms with Crippen LogP contribution in [0, 0.1) is 11.8 Å². The molecule has 9 heteroatoms. The van der Waals surface area contributed by atoms with Crippen molar-refractivity contribution < 1.29 is 4.42 Å². The summed E-state index contributed by atoms with van der Waals surface area (Å²) in [7, 11) is 0. The van der Waals surface area contributed by atoms with Crippen molar-refractivity contribution in [3.8, 4) is 23.0 Å². The van der Waals surface area contributed by atoms with Crippen molar-refractivity contribution >= 4 is 28.6 Å². The van der Waals surface area contributed by atoms with Crippen LogP contribution in [0.1, 0.15) is 32.1 Å². The number of nitrogens with zero attached hydrogens (tertiary/aromatic N) is 5. The van der Waals surface area contributed by atoms with Gasteiger partial charge in [-0.15, -0.1) is 0 Å². The van der Waals surface area contributed by atoms with Crippen LogP contribution in [0.4, 0.5) is 5.82 Å². The largest absolute Gasteiger partial charge is 0.443 e. The summed E-state index contributed by atoms with van der Waals surface area (Å²) in [6, 6.07) is 2.35. The van der Waals surface area contributed by atoms with E-state index in [9.17, 15) is 0 Å². The molecule has 0 saturated heterocycles. The van der Waals surface area contributed by atoms with Crippen LogP contribution in [-0.4, -0.2) is 35.9 Å². The van der Waals surface area contributed by atoms with Crippen LogP contribution in [0.2, 0.25) is 5.15 Å². The molecule has 2 bridgehead atoms. The fourth-order valence-corrected chi connectivity index (χ4v) is 5.02. The molecule has 4 aromatic rings. The average molecular weight is 422 g/mol. The Morgan fingerprint density at radius 3 is 2.77 bits per heavy atom. The van der Waals surface area contributed by atoms with Crippen LogP contribution in [0.15, 0.2) is 35.3 Å². The van der Waals surface area contributed by atoms with Gasteiger partial charge >= 0.3 is 0 Å². The first-order valence-corrected chi connectivity index (χ1v) is 10.7. The zero-order chi connectivity index (χ0) is 20.1. The predicted molar refractivity (Wildman–Crippen MR) is 113 cm³/mol. The average Bonchev–Trinajstić information content (AvgIpc) is 3.44. The molecular weight excluding hydrogens is 402 g/mol. The molecule has 30 heavy (non-hydrogen) atoms. The van der Waals surface area contributed by atoms with Crippen molar-refractivity contribution in [1.82, 2.24) is 29.9 Å². The van der Waals surface area contributed by atoms with Gasteiger partial charge in [0.05, 0.1) is 18.0 Å². The Kier molecular flexibility index (Phi) is 4.19. The summed E-state index contributed by atoms with van der Waals surface area (Å²) < 4.78 is 5.51.